The second kappa shape index (κ2) is 6.72. The molecule has 0 bridgehead atoms. The summed E-state index contributed by atoms with van der Waals surface area (Å²) in [5.41, 5.74) is 7.39. The number of fused-ring (bicyclic) bond motifs is 5. The Labute approximate surface area is 163 Å². The lowest BCUT2D eigenvalue weighted by atomic mass is 9.47. The third-order valence-electron chi connectivity index (χ3n) is 8.55. The van der Waals surface area contributed by atoms with Gasteiger partial charge in [-0.15, -0.1) is 0 Å². The number of Topliss-reactive ketones (excluding diaryl/α,β-unsaturated/α-hetero) is 1. The van der Waals surface area contributed by atoms with Gasteiger partial charge in [0, 0.05) is 17.9 Å². The van der Waals surface area contributed by atoms with Gasteiger partial charge in [-0.1, -0.05) is 19.4 Å². The number of carbonyl (C=O) groups is 2. The second-order valence-corrected chi connectivity index (χ2v) is 10.2. The number of hydrogen-bond donors (Lipinski definition) is 1. The molecule has 7 atom stereocenters. The topological polar surface area (TPSA) is 69.4 Å². The zero-order chi connectivity index (χ0) is 19.4. The number of allylic oxidation sites excluding steroid dienone is 1. The van der Waals surface area contributed by atoms with Gasteiger partial charge < -0.3 is 10.5 Å². The lowest BCUT2D eigenvalue weighted by Gasteiger charge is -2.57. The molecule has 4 aliphatic carbocycles. The van der Waals surface area contributed by atoms with Crippen molar-refractivity contribution in [3.8, 4) is 0 Å². The molecule has 150 valence electrons. The highest BCUT2D eigenvalue weighted by molar-refractivity contribution is 5.87. The Balaban J connectivity index is 1.51. The van der Waals surface area contributed by atoms with Crippen LogP contribution in [0.5, 0.6) is 0 Å². The molecular weight excluding hydrogens is 338 g/mol. The van der Waals surface area contributed by atoms with Crippen LogP contribution in [-0.4, -0.2) is 23.9 Å². The molecule has 0 saturated heterocycles. The lowest BCUT2D eigenvalue weighted by Crippen LogP contribution is -2.50. The first kappa shape index (κ1) is 19.2. The first-order chi connectivity index (χ1) is 12.7. The molecule has 0 aromatic carbocycles. The minimum absolute atomic E-state index is 0.0512. The van der Waals surface area contributed by atoms with Crippen LogP contribution in [0.2, 0.25) is 0 Å². The van der Waals surface area contributed by atoms with Gasteiger partial charge in [-0.3, -0.25) is 9.59 Å². The summed E-state index contributed by atoms with van der Waals surface area (Å²) >= 11 is 0. The molecule has 3 fully saturated rings. The number of carbonyl (C=O) groups excluding carboxylic acids is 2. The summed E-state index contributed by atoms with van der Waals surface area (Å²) in [6.07, 6.45) is 10.9. The maximum atomic E-state index is 12.5. The highest BCUT2D eigenvalue weighted by Gasteiger charge is 2.58. The fourth-order valence-electron chi connectivity index (χ4n) is 7.04. The Morgan fingerprint density at radius 1 is 1.15 bits per heavy atom. The van der Waals surface area contributed by atoms with Crippen molar-refractivity contribution < 1.29 is 14.3 Å². The minimum atomic E-state index is -0.179. The Hall–Kier alpha value is -1.16. The van der Waals surface area contributed by atoms with Crippen molar-refractivity contribution in [3.63, 3.8) is 0 Å². The first-order valence-electron chi connectivity index (χ1n) is 10.9. The van der Waals surface area contributed by atoms with Gasteiger partial charge in [0.05, 0.1) is 6.42 Å². The van der Waals surface area contributed by atoms with Gasteiger partial charge in [-0.2, -0.15) is 0 Å². The maximum absolute atomic E-state index is 12.5. The quantitative estimate of drug-likeness (QED) is 0.595. The third-order valence-corrected chi connectivity index (χ3v) is 8.55. The standard InChI is InChI=1S/C23H35NO3/c1-14(24)12-21(26)27-16-8-10-22(2)15(13-16)4-5-17-18-6-7-20(25)23(18,3)11-9-19(17)22/h13-14,16-19H,4-12,24H2,1-3H3/t14-,16?,17?,18?,19?,22?,23?/m0/s1. The van der Waals surface area contributed by atoms with Crippen LogP contribution in [0, 0.1) is 28.6 Å². The fraction of sp³-hybridized carbons (Fsp3) is 0.826. The predicted octanol–water partition coefficient (Wildman–Crippen LogP) is 4.17. The molecule has 0 amide bonds. The van der Waals surface area contributed by atoms with Crippen LogP contribution in [0.3, 0.4) is 0 Å². The highest BCUT2D eigenvalue weighted by atomic mass is 16.5. The second-order valence-electron chi connectivity index (χ2n) is 10.2. The van der Waals surface area contributed by atoms with Crippen molar-refractivity contribution >= 4 is 11.8 Å². The van der Waals surface area contributed by atoms with Crippen LogP contribution in [0.1, 0.15) is 78.6 Å². The van der Waals surface area contributed by atoms with Crippen molar-refractivity contribution in [2.75, 3.05) is 0 Å². The van der Waals surface area contributed by atoms with E-state index in [4.69, 9.17) is 10.5 Å². The molecular formula is C23H35NO3. The van der Waals surface area contributed by atoms with Gasteiger partial charge >= 0.3 is 5.97 Å². The highest BCUT2D eigenvalue weighted by Crippen LogP contribution is 2.64. The Morgan fingerprint density at radius 3 is 2.59 bits per heavy atom. The molecule has 6 unspecified atom stereocenters. The Kier molecular flexibility index (Phi) is 4.77. The molecule has 2 N–H and O–H groups in total. The number of ketones is 1. The summed E-state index contributed by atoms with van der Waals surface area (Å²) in [5, 5.41) is 0. The molecule has 4 heteroatoms. The minimum Gasteiger partial charge on any atom is -0.458 e. The molecule has 3 saturated carbocycles. The molecule has 0 spiro atoms. The summed E-state index contributed by atoms with van der Waals surface area (Å²) < 4.78 is 5.69. The van der Waals surface area contributed by atoms with E-state index in [2.05, 4.69) is 19.9 Å². The van der Waals surface area contributed by atoms with E-state index in [0.29, 0.717) is 23.5 Å². The monoisotopic (exact) mass is 373 g/mol. The van der Waals surface area contributed by atoms with Gasteiger partial charge in [0.2, 0.25) is 0 Å². The van der Waals surface area contributed by atoms with E-state index in [1.807, 2.05) is 6.92 Å². The summed E-state index contributed by atoms with van der Waals surface area (Å²) in [6, 6.07) is -0.153. The summed E-state index contributed by atoms with van der Waals surface area (Å²) in [6.45, 7) is 6.52. The molecule has 4 rings (SSSR count). The van der Waals surface area contributed by atoms with Gasteiger partial charge in [0.15, 0.2) is 0 Å². The van der Waals surface area contributed by atoms with Gasteiger partial charge in [0.25, 0.3) is 0 Å². The SMILES string of the molecule is C[C@H](N)CC(=O)OC1C=C2CCC3C4CCC(=O)C4(C)CCC3C2(C)CC1. The van der Waals surface area contributed by atoms with Crippen LogP contribution in [0.4, 0.5) is 0 Å². The molecule has 27 heavy (non-hydrogen) atoms. The molecule has 0 aromatic rings. The summed E-state index contributed by atoms with van der Waals surface area (Å²) in [7, 11) is 0. The zero-order valence-corrected chi connectivity index (χ0v) is 17.1. The molecule has 4 nitrogen and oxygen atoms in total. The van der Waals surface area contributed by atoms with Crippen LogP contribution in [0.15, 0.2) is 11.6 Å². The summed E-state index contributed by atoms with van der Waals surface area (Å²) in [4.78, 5) is 24.5. The number of esters is 1. The van der Waals surface area contributed by atoms with Crippen molar-refractivity contribution in [1.29, 1.82) is 0 Å². The molecule has 0 aromatic heterocycles. The van der Waals surface area contributed by atoms with E-state index >= 15 is 0 Å². The molecule has 4 aliphatic rings. The van der Waals surface area contributed by atoms with E-state index in [1.54, 1.807) is 0 Å². The maximum Gasteiger partial charge on any atom is 0.307 e. The summed E-state index contributed by atoms with van der Waals surface area (Å²) in [5.74, 6) is 2.30. The van der Waals surface area contributed by atoms with Crippen LogP contribution >= 0.6 is 0 Å². The normalized spacial score (nSPS) is 44.6. The van der Waals surface area contributed by atoms with E-state index in [1.165, 1.54) is 18.4 Å². The van der Waals surface area contributed by atoms with Gasteiger partial charge in [-0.05, 0) is 81.1 Å². The largest absolute Gasteiger partial charge is 0.458 e. The Morgan fingerprint density at radius 2 is 1.85 bits per heavy atom. The van der Waals surface area contributed by atoms with E-state index in [-0.39, 0.29) is 35.4 Å². The van der Waals surface area contributed by atoms with Crippen molar-refractivity contribution in [2.24, 2.45) is 34.3 Å². The van der Waals surface area contributed by atoms with Gasteiger partial charge in [0.1, 0.15) is 11.9 Å². The molecule has 0 aliphatic heterocycles. The van der Waals surface area contributed by atoms with Gasteiger partial charge in [-0.25, -0.2) is 0 Å². The third kappa shape index (κ3) is 3.08. The smallest absolute Gasteiger partial charge is 0.307 e. The van der Waals surface area contributed by atoms with E-state index < -0.39 is 0 Å². The molecule has 0 heterocycles. The zero-order valence-electron chi connectivity index (χ0n) is 17.1. The molecule has 0 radical (unpaired) electrons. The van der Waals surface area contributed by atoms with Crippen LogP contribution in [0.25, 0.3) is 0 Å². The van der Waals surface area contributed by atoms with Crippen LogP contribution in [-0.2, 0) is 14.3 Å². The van der Waals surface area contributed by atoms with Crippen molar-refractivity contribution in [3.05, 3.63) is 11.6 Å². The van der Waals surface area contributed by atoms with E-state index in [9.17, 15) is 9.59 Å². The number of rotatable bonds is 3. The predicted molar refractivity (Wildman–Crippen MR) is 105 cm³/mol. The fourth-order valence-corrected chi connectivity index (χ4v) is 7.04. The van der Waals surface area contributed by atoms with Crippen molar-refractivity contribution in [1.82, 2.24) is 0 Å². The number of ether oxygens (including phenoxy) is 1. The van der Waals surface area contributed by atoms with E-state index in [0.717, 1.165) is 38.5 Å². The lowest BCUT2D eigenvalue weighted by molar-refractivity contribution is -0.148. The number of hydrogen-bond acceptors (Lipinski definition) is 4. The van der Waals surface area contributed by atoms with Crippen LogP contribution < -0.4 is 5.73 Å². The average molecular weight is 374 g/mol. The first-order valence-corrected chi connectivity index (χ1v) is 10.9. The number of nitrogens with two attached hydrogens (primary N) is 1. The average Bonchev–Trinajstić information content (AvgIpc) is 2.90. The Bertz CT molecular complexity index is 669. The van der Waals surface area contributed by atoms with Crippen molar-refractivity contribution in [2.45, 2.75) is 90.7 Å².